The third-order valence-corrected chi connectivity index (χ3v) is 5.44. The molecule has 0 aliphatic heterocycles. The summed E-state index contributed by atoms with van der Waals surface area (Å²) >= 11 is 0. The number of carbonyl (C=O) groups excluding carboxylic acids is 2. The number of hydrogen-bond acceptors (Lipinski definition) is 4. The Labute approximate surface area is 129 Å². The SMILES string of the molecule is C[Si](C)(C)OC(=O)[C@H]1[C@H](C(=O)O[Si](C)(C)C)[C@H]2C=C[C@@H]1C2. The lowest BCUT2D eigenvalue weighted by atomic mass is 9.83. The highest BCUT2D eigenvalue weighted by Crippen LogP contribution is 2.49. The van der Waals surface area contributed by atoms with Crippen LogP contribution in [0.2, 0.25) is 39.3 Å². The molecule has 0 spiro atoms. The van der Waals surface area contributed by atoms with Crippen molar-refractivity contribution >= 4 is 28.6 Å². The van der Waals surface area contributed by atoms with Crippen molar-refractivity contribution in [2.24, 2.45) is 23.7 Å². The molecule has 1 saturated carbocycles. The molecule has 0 radical (unpaired) electrons. The van der Waals surface area contributed by atoms with Gasteiger partial charge in [-0.05, 0) is 57.5 Å². The maximum Gasteiger partial charge on any atom is 0.297 e. The predicted molar refractivity (Wildman–Crippen MR) is 86.6 cm³/mol. The average Bonchev–Trinajstić information content (AvgIpc) is 2.82. The summed E-state index contributed by atoms with van der Waals surface area (Å²) in [7, 11) is -3.89. The molecule has 21 heavy (non-hydrogen) atoms. The first-order valence-corrected chi connectivity index (χ1v) is 14.4. The first-order chi connectivity index (χ1) is 9.48. The fraction of sp³-hybridized carbons (Fsp3) is 0.733. The molecule has 0 heterocycles. The zero-order chi connectivity index (χ0) is 16.0. The van der Waals surface area contributed by atoms with Crippen LogP contribution in [-0.2, 0) is 18.4 Å². The normalized spacial score (nSPS) is 31.3. The third kappa shape index (κ3) is 3.85. The molecule has 0 aromatic rings. The molecule has 0 N–H and O–H groups in total. The van der Waals surface area contributed by atoms with Crippen LogP contribution in [0.15, 0.2) is 12.2 Å². The summed E-state index contributed by atoms with van der Waals surface area (Å²) in [5, 5.41) is 0. The molecule has 0 aromatic heterocycles. The minimum absolute atomic E-state index is 0.137. The van der Waals surface area contributed by atoms with Gasteiger partial charge in [0.15, 0.2) is 0 Å². The molecule has 0 unspecified atom stereocenters. The lowest BCUT2D eigenvalue weighted by molar-refractivity contribution is -0.151. The Hall–Kier alpha value is -0.886. The molecule has 6 heteroatoms. The van der Waals surface area contributed by atoms with Crippen molar-refractivity contribution < 1.29 is 18.4 Å². The van der Waals surface area contributed by atoms with Gasteiger partial charge in [-0.25, -0.2) is 0 Å². The number of fused-ring (bicyclic) bond motifs is 2. The van der Waals surface area contributed by atoms with Gasteiger partial charge in [-0.1, -0.05) is 12.2 Å². The maximum atomic E-state index is 12.5. The van der Waals surface area contributed by atoms with Gasteiger partial charge in [0, 0.05) is 0 Å². The van der Waals surface area contributed by atoms with Crippen molar-refractivity contribution in [2.75, 3.05) is 0 Å². The highest BCUT2D eigenvalue weighted by atomic mass is 28.4. The molecule has 0 aromatic carbocycles. The van der Waals surface area contributed by atoms with E-state index in [1.807, 2.05) is 39.3 Å². The molecule has 2 rings (SSSR count). The molecule has 2 aliphatic carbocycles. The van der Waals surface area contributed by atoms with E-state index in [-0.39, 0.29) is 35.6 Å². The first-order valence-electron chi connectivity index (χ1n) is 7.62. The minimum Gasteiger partial charge on any atom is -0.520 e. The van der Waals surface area contributed by atoms with E-state index in [4.69, 9.17) is 8.85 Å². The van der Waals surface area contributed by atoms with E-state index in [2.05, 4.69) is 12.2 Å². The second-order valence-electron chi connectivity index (χ2n) is 8.07. The van der Waals surface area contributed by atoms with Gasteiger partial charge in [-0.2, -0.15) is 0 Å². The number of rotatable bonds is 4. The summed E-state index contributed by atoms with van der Waals surface area (Å²) in [6, 6.07) is 0. The molecule has 4 atom stereocenters. The standard InChI is InChI=1S/C15H26O4Si2/c1-20(2,3)18-14(16)12-10-7-8-11(9-10)13(12)15(17)19-21(4,5)6/h7-8,10-13H,9H2,1-6H3/t10-,11+,12-,13-/m1/s1. The van der Waals surface area contributed by atoms with Crippen molar-refractivity contribution in [3.8, 4) is 0 Å². The van der Waals surface area contributed by atoms with Gasteiger partial charge in [0.25, 0.3) is 11.9 Å². The highest BCUT2D eigenvalue weighted by Gasteiger charge is 2.53. The smallest absolute Gasteiger partial charge is 0.297 e. The van der Waals surface area contributed by atoms with E-state index in [9.17, 15) is 9.59 Å². The summed E-state index contributed by atoms with van der Waals surface area (Å²) < 4.78 is 11.3. The van der Waals surface area contributed by atoms with E-state index < -0.39 is 16.6 Å². The lowest BCUT2D eigenvalue weighted by Crippen LogP contribution is -2.42. The van der Waals surface area contributed by atoms with Crippen LogP contribution in [0.1, 0.15) is 6.42 Å². The molecule has 0 saturated heterocycles. The Morgan fingerprint density at radius 2 is 1.14 bits per heavy atom. The molecule has 118 valence electrons. The molecule has 2 bridgehead atoms. The van der Waals surface area contributed by atoms with E-state index in [1.165, 1.54) is 0 Å². The van der Waals surface area contributed by atoms with Gasteiger partial charge in [0.05, 0.1) is 11.8 Å². The van der Waals surface area contributed by atoms with E-state index in [1.54, 1.807) is 0 Å². The molecular weight excluding hydrogens is 300 g/mol. The summed E-state index contributed by atoms with van der Waals surface area (Å²) in [4.78, 5) is 25.0. The van der Waals surface area contributed by atoms with Crippen molar-refractivity contribution in [2.45, 2.75) is 45.7 Å². The second kappa shape index (κ2) is 5.39. The number of allylic oxidation sites excluding steroid dienone is 2. The van der Waals surface area contributed by atoms with Gasteiger partial charge >= 0.3 is 0 Å². The monoisotopic (exact) mass is 326 g/mol. The molecule has 4 nitrogen and oxygen atoms in total. The zero-order valence-electron chi connectivity index (χ0n) is 13.8. The Balaban J connectivity index is 2.17. The van der Waals surface area contributed by atoms with Crippen molar-refractivity contribution in [3.05, 3.63) is 12.2 Å². The van der Waals surface area contributed by atoms with Gasteiger partial charge in [-0.15, -0.1) is 0 Å². The fourth-order valence-electron chi connectivity index (χ4n) is 3.20. The summed E-state index contributed by atoms with van der Waals surface area (Å²) in [5.74, 6) is -0.839. The van der Waals surface area contributed by atoms with Crippen LogP contribution in [0, 0.1) is 23.7 Å². The Bertz CT molecular complexity index is 431. The van der Waals surface area contributed by atoms with Crippen LogP contribution in [0.4, 0.5) is 0 Å². The Morgan fingerprint density at radius 1 is 0.810 bits per heavy atom. The van der Waals surface area contributed by atoms with Crippen molar-refractivity contribution in [1.29, 1.82) is 0 Å². The lowest BCUT2D eigenvalue weighted by Gasteiger charge is -2.30. The summed E-state index contributed by atoms with van der Waals surface area (Å²) in [5.41, 5.74) is 0. The van der Waals surface area contributed by atoms with E-state index >= 15 is 0 Å². The Morgan fingerprint density at radius 3 is 1.43 bits per heavy atom. The fourth-order valence-corrected chi connectivity index (χ4v) is 4.68. The molecule has 0 amide bonds. The predicted octanol–water partition coefficient (Wildman–Crippen LogP) is 3.18. The van der Waals surface area contributed by atoms with Crippen LogP contribution in [0.3, 0.4) is 0 Å². The van der Waals surface area contributed by atoms with Gasteiger partial charge in [0.2, 0.25) is 16.6 Å². The summed E-state index contributed by atoms with van der Waals surface area (Å²) in [6.45, 7) is 11.9. The van der Waals surface area contributed by atoms with Crippen LogP contribution in [0.5, 0.6) is 0 Å². The highest BCUT2D eigenvalue weighted by molar-refractivity contribution is 6.71. The van der Waals surface area contributed by atoms with Crippen LogP contribution < -0.4 is 0 Å². The van der Waals surface area contributed by atoms with Crippen LogP contribution in [-0.4, -0.2) is 28.6 Å². The second-order valence-corrected chi connectivity index (χ2v) is 16.9. The minimum atomic E-state index is -1.94. The topological polar surface area (TPSA) is 52.6 Å². The molecule has 1 fully saturated rings. The Kier molecular flexibility index (Phi) is 4.23. The largest absolute Gasteiger partial charge is 0.520 e. The third-order valence-electron chi connectivity index (χ3n) is 3.82. The maximum absolute atomic E-state index is 12.5. The van der Waals surface area contributed by atoms with Gasteiger partial charge in [-0.3, -0.25) is 9.59 Å². The van der Waals surface area contributed by atoms with Crippen molar-refractivity contribution in [3.63, 3.8) is 0 Å². The summed E-state index contributed by atoms with van der Waals surface area (Å²) in [6.07, 6.45) is 5.01. The van der Waals surface area contributed by atoms with E-state index in [0.29, 0.717) is 0 Å². The van der Waals surface area contributed by atoms with Crippen LogP contribution >= 0.6 is 0 Å². The van der Waals surface area contributed by atoms with Gasteiger partial charge < -0.3 is 8.85 Å². The quantitative estimate of drug-likeness (QED) is 0.588. The number of carbonyl (C=O) groups is 2. The number of hydrogen-bond donors (Lipinski definition) is 0. The molecular formula is C15H26O4Si2. The van der Waals surface area contributed by atoms with Crippen molar-refractivity contribution in [1.82, 2.24) is 0 Å². The zero-order valence-corrected chi connectivity index (χ0v) is 15.8. The van der Waals surface area contributed by atoms with Gasteiger partial charge in [0.1, 0.15) is 0 Å². The van der Waals surface area contributed by atoms with E-state index in [0.717, 1.165) is 6.42 Å². The first kappa shape index (κ1) is 16.5. The average molecular weight is 327 g/mol. The molecule has 2 aliphatic rings. The van der Waals surface area contributed by atoms with Crippen LogP contribution in [0.25, 0.3) is 0 Å².